The molecule has 3 aromatic heterocycles. The number of rotatable bonds is 3. The van der Waals surface area contributed by atoms with E-state index in [2.05, 4.69) is 15.0 Å². The molecule has 0 unspecified atom stereocenters. The fourth-order valence-electron chi connectivity index (χ4n) is 4.87. The van der Waals surface area contributed by atoms with Crippen molar-refractivity contribution in [1.29, 1.82) is 0 Å². The highest BCUT2D eigenvalue weighted by atomic mass is 32.2. The van der Waals surface area contributed by atoms with Crippen molar-refractivity contribution >= 4 is 23.4 Å². The molecule has 5 rings (SSSR count). The summed E-state index contributed by atoms with van der Waals surface area (Å²) in [5.74, 6) is 0.0248. The van der Waals surface area contributed by atoms with Gasteiger partial charge in [-0.3, -0.25) is 9.38 Å². The average molecular weight is 533 g/mol. The molecule has 0 aliphatic carbocycles. The largest absolute Gasteiger partial charge is 0.434 e. The molecule has 1 spiro atoms. The number of nitrogens with two attached hydrogens (primary N) is 1. The van der Waals surface area contributed by atoms with Gasteiger partial charge in [0.05, 0.1) is 17.6 Å². The van der Waals surface area contributed by atoms with Crippen molar-refractivity contribution in [2.75, 3.05) is 24.6 Å². The van der Waals surface area contributed by atoms with Gasteiger partial charge in [-0.2, -0.15) is 26.3 Å². The molecule has 2 saturated heterocycles. The number of aromatic nitrogens is 4. The summed E-state index contributed by atoms with van der Waals surface area (Å²) in [5.41, 5.74) is 3.39. The molecule has 194 valence electrons. The molecule has 2 aliphatic rings. The van der Waals surface area contributed by atoms with Crippen LogP contribution in [0.5, 0.6) is 0 Å². The van der Waals surface area contributed by atoms with Crippen molar-refractivity contribution in [3.63, 3.8) is 0 Å². The summed E-state index contributed by atoms with van der Waals surface area (Å²) in [4.78, 5) is 12.1. The highest BCUT2D eigenvalue weighted by Crippen LogP contribution is 2.46. The lowest BCUT2D eigenvalue weighted by atomic mass is 9.73. The first kappa shape index (κ1) is 25.1. The molecular weight excluding hydrogens is 510 g/mol. The fourth-order valence-corrected chi connectivity index (χ4v) is 6.01. The Morgan fingerprint density at radius 2 is 1.75 bits per heavy atom. The molecule has 3 aromatic rings. The molecule has 0 aromatic carbocycles. The van der Waals surface area contributed by atoms with Crippen LogP contribution >= 0.6 is 11.8 Å². The lowest BCUT2D eigenvalue weighted by Crippen LogP contribution is -2.51. The van der Waals surface area contributed by atoms with Crippen molar-refractivity contribution in [3.05, 3.63) is 42.1 Å². The van der Waals surface area contributed by atoms with Gasteiger partial charge in [0.15, 0.2) is 17.0 Å². The van der Waals surface area contributed by atoms with Crippen LogP contribution in [0.15, 0.2) is 40.5 Å². The van der Waals surface area contributed by atoms with E-state index in [4.69, 9.17) is 10.5 Å². The summed E-state index contributed by atoms with van der Waals surface area (Å²) in [7, 11) is 0. The first-order valence-electron chi connectivity index (χ1n) is 11.2. The monoisotopic (exact) mass is 532 g/mol. The van der Waals surface area contributed by atoms with Crippen LogP contribution in [0, 0.1) is 5.41 Å². The standard InChI is InChI=1S/C22H22F6N6OS/c1-12-15(29)20(11-35-12)4-8-33(9-5-20)19-32-17(22(26,27)28)14(18-31-7-10-34(18)19)36-13-3-2-6-30-16(13)21(23,24)25/h2-3,6-7,10,12,15H,4-5,8-9,11,29H2,1H3/t12-,15+/m0/s1. The predicted octanol–water partition coefficient (Wildman–Crippen LogP) is 4.65. The van der Waals surface area contributed by atoms with Crippen LogP contribution in [0.3, 0.4) is 0 Å². The number of ether oxygens (including phenoxy) is 1. The summed E-state index contributed by atoms with van der Waals surface area (Å²) in [6.07, 6.45) is -4.96. The zero-order valence-electron chi connectivity index (χ0n) is 19.0. The molecule has 0 radical (unpaired) electrons. The summed E-state index contributed by atoms with van der Waals surface area (Å²) in [5, 5.41) is 0. The topological polar surface area (TPSA) is 81.6 Å². The smallest absolute Gasteiger partial charge is 0.376 e. The van der Waals surface area contributed by atoms with Crippen LogP contribution in [-0.2, 0) is 17.1 Å². The summed E-state index contributed by atoms with van der Waals surface area (Å²) in [6, 6.07) is 2.14. The van der Waals surface area contributed by atoms with Crippen LogP contribution < -0.4 is 10.6 Å². The van der Waals surface area contributed by atoms with Gasteiger partial charge in [-0.1, -0.05) is 11.8 Å². The highest BCUT2D eigenvalue weighted by Gasteiger charge is 2.48. The minimum absolute atomic E-state index is 0.0248. The third kappa shape index (κ3) is 4.28. The number of hydrogen-bond donors (Lipinski definition) is 1. The third-order valence-electron chi connectivity index (χ3n) is 6.89. The average Bonchev–Trinajstić information content (AvgIpc) is 3.41. The van der Waals surface area contributed by atoms with Crippen LogP contribution in [0.1, 0.15) is 31.2 Å². The number of anilines is 1. The number of piperidine rings is 1. The summed E-state index contributed by atoms with van der Waals surface area (Å²) in [6.45, 7) is 3.19. The van der Waals surface area contributed by atoms with Gasteiger partial charge in [-0.25, -0.2) is 9.97 Å². The first-order chi connectivity index (χ1) is 16.9. The van der Waals surface area contributed by atoms with Gasteiger partial charge < -0.3 is 15.4 Å². The molecule has 5 heterocycles. The van der Waals surface area contributed by atoms with E-state index in [1.807, 2.05) is 6.92 Å². The Morgan fingerprint density at radius 3 is 2.36 bits per heavy atom. The Labute approximate surface area is 206 Å². The Morgan fingerprint density at radius 1 is 1.06 bits per heavy atom. The lowest BCUT2D eigenvalue weighted by Gasteiger charge is -2.41. The van der Waals surface area contributed by atoms with Gasteiger partial charge in [0.25, 0.3) is 0 Å². The van der Waals surface area contributed by atoms with Gasteiger partial charge in [0.1, 0.15) is 0 Å². The second-order valence-electron chi connectivity index (χ2n) is 9.05. The van der Waals surface area contributed by atoms with Gasteiger partial charge >= 0.3 is 12.4 Å². The van der Waals surface area contributed by atoms with Crippen LogP contribution in [0.2, 0.25) is 0 Å². The Balaban J connectivity index is 1.55. The molecule has 14 heteroatoms. The van der Waals surface area contributed by atoms with Crippen molar-refractivity contribution < 1.29 is 31.1 Å². The van der Waals surface area contributed by atoms with Crippen LogP contribution in [0.4, 0.5) is 32.3 Å². The van der Waals surface area contributed by atoms with E-state index in [0.717, 1.165) is 12.3 Å². The maximum atomic E-state index is 14.2. The van der Waals surface area contributed by atoms with E-state index in [1.165, 1.54) is 22.9 Å². The molecule has 7 nitrogen and oxygen atoms in total. The van der Waals surface area contributed by atoms with Crippen LogP contribution in [-0.4, -0.2) is 51.2 Å². The van der Waals surface area contributed by atoms with E-state index < -0.39 is 33.5 Å². The molecule has 0 bridgehead atoms. The summed E-state index contributed by atoms with van der Waals surface area (Å²) >= 11 is 0.300. The van der Waals surface area contributed by atoms with Gasteiger partial charge in [-0.05, 0) is 31.9 Å². The summed E-state index contributed by atoms with van der Waals surface area (Å²) < 4.78 is 90.1. The maximum Gasteiger partial charge on any atom is 0.434 e. The number of alkyl halides is 6. The van der Waals surface area contributed by atoms with Crippen molar-refractivity contribution in [3.8, 4) is 0 Å². The number of pyridine rings is 1. The second kappa shape index (κ2) is 8.77. The molecular formula is C22H22F6N6OS. The number of nitrogens with zero attached hydrogens (tertiary/aromatic N) is 5. The zero-order chi connectivity index (χ0) is 25.9. The Kier molecular flexibility index (Phi) is 6.11. The van der Waals surface area contributed by atoms with E-state index in [-0.39, 0.29) is 29.2 Å². The van der Waals surface area contributed by atoms with Crippen LogP contribution in [0.25, 0.3) is 5.65 Å². The number of halogens is 6. The maximum absolute atomic E-state index is 14.2. The number of imidazole rings is 1. The first-order valence-corrected chi connectivity index (χ1v) is 12.0. The fraction of sp³-hybridized carbons (Fsp3) is 0.500. The minimum Gasteiger partial charge on any atom is -0.376 e. The van der Waals surface area contributed by atoms with E-state index in [1.54, 1.807) is 4.90 Å². The highest BCUT2D eigenvalue weighted by molar-refractivity contribution is 7.99. The Bertz CT molecular complexity index is 1270. The van der Waals surface area contributed by atoms with E-state index in [9.17, 15) is 26.3 Å². The lowest BCUT2D eigenvalue weighted by molar-refractivity contribution is -0.143. The van der Waals surface area contributed by atoms with Crippen molar-refractivity contribution in [2.45, 2.75) is 54.1 Å². The number of hydrogen-bond acceptors (Lipinski definition) is 7. The van der Waals surface area contributed by atoms with Gasteiger partial charge in [0.2, 0.25) is 5.95 Å². The molecule has 2 N–H and O–H groups in total. The molecule has 36 heavy (non-hydrogen) atoms. The van der Waals surface area contributed by atoms with Crippen molar-refractivity contribution in [1.82, 2.24) is 19.4 Å². The van der Waals surface area contributed by atoms with Crippen molar-refractivity contribution in [2.24, 2.45) is 11.1 Å². The quantitative estimate of drug-likeness (QED) is 0.492. The molecule has 2 fully saturated rings. The molecule has 2 atom stereocenters. The predicted molar refractivity (Wildman–Crippen MR) is 119 cm³/mol. The molecule has 2 aliphatic heterocycles. The SMILES string of the molecule is C[C@@H]1OCC2(CCN(c3nc(C(F)(F)F)c(Sc4cccnc4C(F)(F)F)c4nccn34)CC2)[C@@H]1N. The zero-order valence-corrected chi connectivity index (χ0v) is 19.8. The third-order valence-corrected chi connectivity index (χ3v) is 8.02. The minimum atomic E-state index is -4.93. The second-order valence-corrected chi connectivity index (χ2v) is 10.1. The molecule has 0 amide bonds. The van der Waals surface area contributed by atoms with E-state index in [0.29, 0.717) is 44.3 Å². The Hall–Kier alpha value is -2.58. The molecule has 0 saturated carbocycles. The number of fused-ring (bicyclic) bond motifs is 1. The van der Waals surface area contributed by atoms with E-state index >= 15 is 0 Å². The normalized spacial score (nSPS) is 22.6. The van der Waals surface area contributed by atoms with Gasteiger partial charge in [0, 0.05) is 48.0 Å². The van der Waals surface area contributed by atoms with Gasteiger partial charge in [-0.15, -0.1) is 0 Å².